The number of aromatic nitrogens is 3. The van der Waals surface area contributed by atoms with Crippen molar-refractivity contribution in [2.45, 2.75) is 24.9 Å². The van der Waals surface area contributed by atoms with E-state index in [1.54, 1.807) is 24.3 Å². The van der Waals surface area contributed by atoms with E-state index in [2.05, 4.69) is 15.5 Å². The second-order valence-electron chi connectivity index (χ2n) is 6.02. The van der Waals surface area contributed by atoms with E-state index in [9.17, 15) is 14.7 Å². The lowest BCUT2D eigenvalue weighted by Gasteiger charge is -2.35. The number of ketones is 1. The minimum absolute atomic E-state index is 0.0470. The van der Waals surface area contributed by atoms with Crippen LogP contribution in [0.25, 0.3) is 5.69 Å². The predicted octanol–water partition coefficient (Wildman–Crippen LogP) is 1.18. The largest absolute Gasteiger partial charge is 0.465 e. The van der Waals surface area contributed by atoms with E-state index in [1.165, 1.54) is 24.2 Å². The lowest BCUT2D eigenvalue weighted by molar-refractivity contribution is 0.0638. The summed E-state index contributed by atoms with van der Waals surface area (Å²) in [6, 6.07) is 7.01. The van der Waals surface area contributed by atoms with Crippen molar-refractivity contribution in [2.24, 2.45) is 0 Å². The minimum Gasteiger partial charge on any atom is -0.465 e. The molecule has 1 aromatic carbocycles. The Kier molecular flexibility index (Phi) is 4.06. The third-order valence-corrected chi connectivity index (χ3v) is 4.52. The number of amides is 1. The van der Waals surface area contributed by atoms with Gasteiger partial charge in [-0.3, -0.25) is 9.69 Å². The summed E-state index contributed by atoms with van der Waals surface area (Å²) in [5, 5.41) is 20.8. The molecule has 8 nitrogen and oxygen atoms in total. The molecule has 0 aliphatic carbocycles. The Morgan fingerprint density at radius 1 is 1.33 bits per heavy atom. The third kappa shape index (κ3) is 2.54. The van der Waals surface area contributed by atoms with Gasteiger partial charge in [0.15, 0.2) is 5.78 Å². The van der Waals surface area contributed by atoms with Crippen LogP contribution in [0.4, 0.5) is 4.79 Å². The molecule has 1 fully saturated rings. The lowest BCUT2D eigenvalue weighted by Crippen LogP contribution is -2.56. The maximum Gasteiger partial charge on any atom is 0.407 e. The zero-order valence-electron chi connectivity index (χ0n) is 13.5. The molecule has 2 heterocycles. The number of benzene rings is 1. The summed E-state index contributed by atoms with van der Waals surface area (Å²) >= 11 is 0. The highest BCUT2D eigenvalue weighted by atomic mass is 16.4. The average molecular weight is 329 g/mol. The number of hydrogen-bond acceptors (Lipinski definition) is 5. The molecule has 2 N–H and O–H groups in total. The first-order valence-corrected chi connectivity index (χ1v) is 7.66. The zero-order valence-corrected chi connectivity index (χ0v) is 13.5. The van der Waals surface area contributed by atoms with Gasteiger partial charge in [0.05, 0.1) is 18.1 Å². The van der Waals surface area contributed by atoms with Gasteiger partial charge in [0.2, 0.25) is 0 Å². The van der Waals surface area contributed by atoms with Gasteiger partial charge in [0.1, 0.15) is 5.54 Å². The molecule has 126 valence electrons. The van der Waals surface area contributed by atoms with E-state index in [0.717, 1.165) is 4.90 Å². The predicted molar refractivity (Wildman–Crippen MR) is 86.3 cm³/mol. The molecule has 0 unspecified atom stereocenters. The molecule has 24 heavy (non-hydrogen) atoms. The fourth-order valence-corrected chi connectivity index (χ4v) is 3.19. The van der Waals surface area contributed by atoms with Crippen LogP contribution in [0.1, 0.15) is 23.7 Å². The van der Waals surface area contributed by atoms with Crippen molar-refractivity contribution < 1.29 is 14.7 Å². The van der Waals surface area contributed by atoms with Crippen LogP contribution in [-0.4, -0.2) is 62.0 Å². The molecule has 1 saturated heterocycles. The number of nitrogens with zero attached hydrogens (tertiary/aromatic N) is 4. The van der Waals surface area contributed by atoms with Gasteiger partial charge in [0.25, 0.3) is 0 Å². The summed E-state index contributed by atoms with van der Waals surface area (Å²) in [6.45, 7) is 2.21. The van der Waals surface area contributed by atoms with Crippen molar-refractivity contribution in [3.8, 4) is 5.69 Å². The molecule has 1 aliphatic rings. The van der Waals surface area contributed by atoms with E-state index < -0.39 is 11.6 Å². The van der Waals surface area contributed by atoms with Crippen molar-refractivity contribution in [3.63, 3.8) is 0 Å². The third-order valence-electron chi connectivity index (χ3n) is 4.52. The number of rotatable bonds is 4. The highest BCUT2D eigenvalue weighted by Gasteiger charge is 2.50. The monoisotopic (exact) mass is 329 g/mol. The molecule has 8 heteroatoms. The number of hydrogen-bond donors (Lipinski definition) is 2. The summed E-state index contributed by atoms with van der Waals surface area (Å²) < 4.78 is 0. The van der Waals surface area contributed by atoms with Gasteiger partial charge in [-0.25, -0.2) is 4.79 Å². The average Bonchev–Trinajstić information content (AvgIpc) is 3.23. The van der Waals surface area contributed by atoms with E-state index >= 15 is 0 Å². The van der Waals surface area contributed by atoms with Crippen LogP contribution in [0.3, 0.4) is 0 Å². The molecule has 1 aliphatic heterocycles. The summed E-state index contributed by atoms with van der Waals surface area (Å²) in [4.78, 5) is 27.4. The summed E-state index contributed by atoms with van der Waals surface area (Å²) in [5.74, 6) is -0.253. The summed E-state index contributed by atoms with van der Waals surface area (Å²) in [6.07, 6.45) is 2.34. The Morgan fingerprint density at radius 2 is 2.00 bits per heavy atom. The first-order chi connectivity index (χ1) is 11.5. The van der Waals surface area contributed by atoms with Crippen LogP contribution in [0.2, 0.25) is 0 Å². The van der Waals surface area contributed by atoms with Crippen LogP contribution in [0, 0.1) is 0 Å². The molecular formula is C16H19N5O3. The van der Waals surface area contributed by atoms with Gasteiger partial charge >= 0.3 is 6.09 Å². The molecule has 0 saturated carbocycles. The second kappa shape index (κ2) is 6.04. The van der Waals surface area contributed by atoms with Crippen molar-refractivity contribution in [3.05, 3.63) is 42.2 Å². The van der Waals surface area contributed by atoms with Crippen molar-refractivity contribution in [1.29, 1.82) is 0 Å². The molecule has 0 spiro atoms. The summed E-state index contributed by atoms with van der Waals surface area (Å²) in [5.41, 5.74) is -0.211. The first-order valence-electron chi connectivity index (χ1n) is 7.66. The number of para-hydroxylation sites is 1. The van der Waals surface area contributed by atoms with E-state index in [1.807, 2.05) is 6.92 Å². The van der Waals surface area contributed by atoms with Crippen LogP contribution >= 0.6 is 0 Å². The van der Waals surface area contributed by atoms with Crippen molar-refractivity contribution in [2.75, 3.05) is 13.6 Å². The molecule has 2 aromatic rings. The second-order valence-corrected chi connectivity index (χ2v) is 6.02. The van der Waals surface area contributed by atoms with Crippen LogP contribution < -0.4 is 5.32 Å². The zero-order chi connectivity index (χ0) is 17.3. The molecule has 2 atom stereocenters. The number of carboxylic acid groups (broad SMARTS) is 1. The highest BCUT2D eigenvalue weighted by molar-refractivity contribution is 6.07. The van der Waals surface area contributed by atoms with E-state index in [0.29, 0.717) is 17.7 Å². The Balaban J connectivity index is 2.08. The molecule has 0 radical (unpaired) electrons. The topological polar surface area (TPSA) is 100 Å². The maximum absolute atomic E-state index is 13.4. The Hall–Kier alpha value is -2.74. The minimum atomic E-state index is -1.14. The maximum atomic E-state index is 13.4. The summed E-state index contributed by atoms with van der Waals surface area (Å²) in [7, 11) is 1.44. The van der Waals surface area contributed by atoms with Gasteiger partial charge < -0.3 is 10.4 Å². The quantitative estimate of drug-likeness (QED) is 0.817. The Bertz CT molecular complexity index is 761. The normalized spacial score (nSPS) is 23.2. The Morgan fingerprint density at radius 3 is 2.58 bits per heavy atom. The molecular weight excluding hydrogens is 310 g/mol. The molecule has 1 aromatic heterocycles. The molecule has 1 amide bonds. The van der Waals surface area contributed by atoms with Crippen LogP contribution in [0.5, 0.6) is 0 Å². The highest BCUT2D eigenvalue weighted by Crippen LogP contribution is 2.31. The van der Waals surface area contributed by atoms with Gasteiger partial charge in [0, 0.05) is 25.2 Å². The van der Waals surface area contributed by atoms with Gasteiger partial charge in [-0.1, -0.05) is 12.1 Å². The van der Waals surface area contributed by atoms with Crippen molar-refractivity contribution >= 4 is 11.9 Å². The Labute approximate surface area is 139 Å². The first kappa shape index (κ1) is 16.1. The lowest BCUT2D eigenvalue weighted by atomic mass is 9.85. The number of likely N-dealkylation sites (N-methyl/N-ethyl adjacent to an activating group) is 1. The van der Waals surface area contributed by atoms with Gasteiger partial charge in [-0.05, 0) is 25.5 Å². The smallest absolute Gasteiger partial charge is 0.407 e. The standard InChI is InChI=1S/C16H19N5O3/c1-11-9-16(10-17-11,20(2)15(23)24)14(22)12-5-3-4-6-13(12)21-18-7-8-19-21/h3-8,11,17H,9-10H2,1-2H3,(H,23,24)/t11-,16-/m1/s1. The van der Waals surface area contributed by atoms with Crippen LogP contribution in [-0.2, 0) is 0 Å². The van der Waals surface area contributed by atoms with Crippen LogP contribution in [0.15, 0.2) is 36.7 Å². The van der Waals surface area contributed by atoms with Crippen molar-refractivity contribution in [1.82, 2.24) is 25.2 Å². The van der Waals surface area contributed by atoms with E-state index in [4.69, 9.17) is 0 Å². The van der Waals surface area contributed by atoms with E-state index in [-0.39, 0.29) is 18.4 Å². The fourth-order valence-electron chi connectivity index (χ4n) is 3.19. The number of Topliss-reactive ketones (excluding diaryl/α,β-unsaturated/α-hetero) is 1. The number of carbonyl (C=O) groups is 2. The number of carbonyl (C=O) groups excluding carboxylic acids is 1. The SMILES string of the molecule is C[C@@H]1C[C@@](C(=O)c2ccccc2-n2nccn2)(N(C)C(=O)O)CN1. The van der Waals surface area contributed by atoms with Gasteiger partial charge in [-0.15, -0.1) is 0 Å². The molecule has 3 rings (SSSR count). The van der Waals surface area contributed by atoms with Gasteiger partial charge in [-0.2, -0.15) is 15.0 Å². The fraction of sp³-hybridized carbons (Fsp3) is 0.375. The number of nitrogens with one attached hydrogen (secondary N) is 1. The molecule has 0 bridgehead atoms.